The third-order valence-corrected chi connectivity index (χ3v) is 7.03. The number of carbonyl (C=O) groups excluding carboxylic acids is 2. The fourth-order valence-corrected chi connectivity index (χ4v) is 5.24. The van der Waals surface area contributed by atoms with Crippen molar-refractivity contribution in [1.29, 1.82) is 0 Å². The highest BCUT2D eigenvalue weighted by Crippen LogP contribution is 2.40. The van der Waals surface area contributed by atoms with E-state index in [1.54, 1.807) is 23.2 Å². The molecule has 1 fully saturated rings. The van der Waals surface area contributed by atoms with Crippen molar-refractivity contribution in [3.63, 3.8) is 0 Å². The van der Waals surface area contributed by atoms with Crippen LogP contribution in [0.5, 0.6) is 0 Å². The van der Waals surface area contributed by atoms with Gasteiger partial charge in [0.15, 0.2) is 0 Å². The Hall–Kier alpha value is -3.03. The normalized spacial score (nSPS) is 15.8. The van der Waals surface area contributed by atoms with Crippen LogP contribution < -0.4 is 9.80 Å². The van der Waals surface area contributed by atoms with Gasteiger partial charge in [-0.25, -0.2) is 4.98 Å². The quantitative estimate of drug-likeness (QED) is 0.581. The average Bonchev–Trinajstić information content (AvgIpc) is 2.94. The Balaban J connectivity index is 1.33. The molecule has 2 aliphatic heterocycles. The molecule has 0 radical (unpaired) electrons. The molecule has 5 rings (SSSR count). The number of piperazine rings is 1. The molecule has 0 spiro atoms. The second kappa shape index (κ2) is 8.84. The molecule has 2 aromatic carbocycles. The van der Waals surface area contributed by atoms with Crippen molar-refractivity contribution in [2.75, 3.05) is 42.5 Å². The van der Waals surface area contributed by atoms with Crippen LogP contribution in [-0.4, -0.2) is 54.4 Å². The topological polar surface area (TPSA) is 56.8 Å². The smallest absolute Gasteiger partial charge is 0.261 e. The van der Waals surface area contributed by atoms with Crippen LogP contribution in [0.2, 0.25) is 5.02 Å². The molecule has 1 aromatic heterocycles. The SMILES string of the molecule is O=C(CN1C(=O)c2cccnc2Sc2ccccc21)N1CCN(c2cccc(Cl)c2)CC1. The molecule has 1 saturated heterocycles. The Morgan fingerprint density at radius 2 is 1.81 bits per heavy atom. The molecular weight excluding hydrogens is 444 g/mol. The lowest BCUT2D eigenvalue weighted by molar-refractivity contribution is -0.129. The molecule has 2 amide bonds. The van der Waals surface area contributed by atoms with Crippen molar-refractivity contribution < 1.29 is 9.59 Å². The first-order valence-electron chi connectivity index (χ1n) is 10.4. The summed E-state index contributed by atoms with van der Waals surface area (Å²) in [5, 5.41) is 1.36. The molecule has 0 unspecified atom stereocenters. The van der Waals surface area contributed by atoms with E-state index in [9.17, 15) is 9.59 Å². The number of hydrogen-bond acceptors (Lipinski definition) is 5. The summed E-state index contributed by atoms with van der Waals surface area (Å²) in [6.07, 6.45) is 1.68. The van der Waals surface area contributed by atoms with Crippen LogP contribution in [-0.2, 0) is 4.79 Å². The summed E-state index contributed by atoms with van der Waals surface area (Å²) >= 11 is 7.58. The average molecular weight is 465 g/mol. The lowest BCUT2D eigenvalue weighted by atomic mass is 10.2. The number of pyridine rings is 1. The maximum absolute atomic E-state index is 13.4. The van der Waals surface area contributed by atoms with E-state index in [2.05, 4.69) is 9.88 Å². The summed E-state index contributed by atoms with van der Waals surface area (Å²) < 4.78 is 0. The zero-order valence-corrected chi connectivity index (χ0v) is 18.9. The third kappa shape index (κ3) is 4.06. The predicted octanol–water partition coefficient (Wildman–Crippen LogP) is 4.20. The van der Waals surface area contributed by atoms with Gasteiger partial charge in [0, 0.05) is 48.0 Å². The number of carbonyl (C=O) groups is 2. The standard InChI is InChI=1S/C24H21ClN4O2S/c25-17-5-3-6-18(15-17)27-11-13-28(14-12-27)22(30)16-29-20-8-1-2-9-21(20)32-23-19(24(29)31)7-4-10-26-23/h1-10,15H,11-14,16H2. The fourth-order valence-electron chi connectivity index (χ4n) is 4.04. The number of amides is 2. The van der Waals surface area contributed by atoms with Gasteiger partial charge in [-0.15, -0.1) is 0 Å². The maximum Gasteiger partial charge on any atom is 0.261 e. The molecule has 0 saturated carbocycles. The molecule has 3 aromatic rings. The number of fused-ring (bicyclic) bond motifs is 2. The van der Waals surface area contributed by atoms with Gasteiger partial charge >= 0.3 is 0 Å². The van der Waals surface area contributed by atoms with E-state index < -0.39 is 0 Å². The number of aromatic nitrogens is 1. The molecule has 32 heavy (non-hydrogen) atoms. The number of anilines is 2. The van der Waals surface area contributed by atoms with Gasteiger partial charge in [-0.05, 0) is 42.5 Å². The Kier molecular flexibility index (Phi) is 5.76. The summed E-state index contributed by atoms with van der Waals surface area (Å²) in [5.74, 6) is -0.257. The summed E-state index contributed by atoms with van der Waals surface area (Å²) in [5.41, 5.74) is 2.32. The predicted molar refractivity (Wildman–Crippen MR) is 127 cm³/mol. The van der Waals surface area contributed by atoms with Crippen LogP contribution in [0.3, 0.4) is 0 Å². The van der Waals surface area contributed by atoms with Crippen molar-refractivity contribution in [3.05, 3.63) is 77.4 Å². The molecule has 0 N–H and O–H groups in total. The number of hydrogen-bond donors (Lipinski definition) is 0. The van der Waals surface area contributed by atoms with Crippen LogP contribution in [0.1, 0.15) is 10.4 Å². The summed E-state index contributed by atoms with van der Waals surface area (Å²) in [6.45, 7) is 2.64. The number of para-hydroxylation sites is 1. The summed E-state index contributed by atoms with van der Waals surface area (Å²) in [7, 11) is 0. The molecule has 0 atom stereocenters. The largest absolute Gasteiger partial charge is 0.368 e. The molecule has 2 aliphatic rings. The second-order valence-electron chi connectivity index (χ2n) is 7.66. The molecule has 0 bridgehead atoms. The van der Waals surface area contributed by atoms with E-state index in [0.29, 0.717) is 28.7 Å². The van der Waals surface area contributed by atoms with Crippen LogP contribution >= 0.6 is 23.4 Å². The van der Waals surface area contributed by atoms with Gasteiger partial charge in [-0.1, -0.05) is 41.6 Å². The number of halogens is 1. The Morgan fingerprint density at radius 3 is 2.62 bits per heavy atom. The summed E-state index contributed by atoms with van der Waals surface area (Å²) in [4.78, 5) is 37.5. The first-order chi connectivity index (χ1) is 15.6. The minimum Gasteiger partial charge on any atom is -0.368 e. The lowest BCUT2D eigenvalue weighted by Crippen LogP contribution is -2.52. The van der Waals surface area contributed by atoms with Crippen LogP contribution in [0, 0.1) is 0 Å². The van der Waals surface area contributed by atoms with E-state index in [1.165, 1.54) is 11.8 Å². The van der Waals surface area contributed by atoms with E-state index in [-0.39, 0.29) is 18.4 Å². The van der Waals surface area contributed by atoms with Gasteiger partial charge in [0.2, 0.25) is 5.91 Å². The number of benzene rings is 2. The highest BCUT2D eigenvalue weighted by Gasteiger charge is 2.31. The van der Waals surface area contributed by atoms with Crippen molar-refractivity contribution in [2.24, 2.45) is 0 Å². The number of nitrogens with zero attached hydrogens (tertiary/aromatic N) is 4. The molecular formula is C24H21ClN4O2S. The monoisotopic (exact) mass is 464 g/mol. The van der Waals surface area contributed by atoms with E-state index in [0.717, 1.165) is 29.4 Å². The fraction of sp³-hybridized carbons (Fsp3) is 0.208. The van der Waals surface area contributed by atoms with Gasteiger partial charge in [-0.3, -0.25) is 14.5 Å². The van der Waals surface area contributed by atoms with Gasteiger partial charge < -0.3 is 9.80 Å². The maximum atomic E-state index is 13.4. The zero-order valence-electron chi connectivity index (χ0n) is 17.3. The van der Waals surface area contributed by atoms with Gasteiger partial charge in [0.25, 0.3) is 5.91 Å². The number of rotatable bonds is 3. The Bertz CT molecular complexity index is 1180. The highest BCUT2D eigenvalue weighted by atomic mass is 35.5. The van der Waals surface area contributed by atoms with Crippen molar-refractivity contribution in [1.82, 2.24) is 9.88 Å². The van der Waals surface area contributed by atoms with Crippen molar-refractivity contribution in [2.45, 2.75) is 9.92 Å². The minimum absolute atomic E-state index is 0.00189. The van der Waals surface area contributed by atoms with Crippen molar-refractivity contribution in [3.8, 4) is 0 Å². The van der Waals surface area contributed by atoms with Gasteiger partial charge in [0.1, 0.15) is 11.6 Å². The molecule has 0 aliphatic carbocycles. The van der Waals surface area contributed by atoms with E-state index in [4.69, 9.17) is 11.6 Å². The van der Waals surface area contributed by atoms with Gasteiger partial charge in [-0.2, -0.15) is 0 Å². The molecule has 6 nitrogen and oxygen atoms in total. The van der Waals surface area contributed by atoms with E-state index >= 15 is 0 Å². The van der Waals surface area contributed by atoms with E-state index in [1.807, 2.05) is 53.4 Å². The Labute approximate surface area is 195 Å². The molecule has 162 valence electrons. The first kappa shape index (κ1) is 20.8. The van der Waals surface area contributed by atoms with Crippen molar-refractivity contribution >= 4 is 46.6 Å². The van der Waals surface area contributed by atoms with Gasteiger partial charge in [0.05, 0.1) is 11.3 Å². The minimum atomic E-state index is -0.198. The lowest BCUT2D eigenvalue weighted by Gasteiger charge is -2.37. The zero-order chi connectivity index (χ0) is 22.1. The summed E-state index contributed by atoms with van der Waals surface area (Å²) in [6, 6.07) is 18.9. The third-order valence-electron chi connectivity index (χ3n) is 5.71. The van der Waals surface area contributed by atoms with Crippen LogP contribution in [0.4, 0.5) is 11.4 Å². The van der Waals surface area contributed by atoms with Crippen LogP contribution in [0.15, 0.2) is 76.8 Å². The first-order valence-corrected chi connectivity index (χ1v) is 11.6. The molecule has 8 heteroatoms. The Morgan fingerprint density at radius 1 is 1.00 bits per heavy atom. The second-order valence-corrected chi connectivity index (χ2v) is 9.13. The van der Waals surface area contributed by atoms with Crippen LogP contribution in [0.25, 0.3) is 0 Å². The highest BCUT2D eigenvalue weighted by molar-refractivity contribution is 7.99. The molecule has 3 heterocycles.